The molecule has 0 radical (unpaired) electrons. The molecule has 0 aliphatic carbocycles. The molecule has 6 heteroatoms. The van der Waals surface area contributed by atoms with Crippen LogP contribution in [0.25, 0.3) is 11.1 Å². The number of anilines is 1. The van der Waals surface area contributed by atoms with E-state index in [-0.39, 0.29) is 19.8 Å². The number of aryl methyl sites for hydroxylation is 1. The second-order valence-corrected chi connectivity index (χ2v) is 6.78. The molecule has 4 N–H and O–H groups in total. The largest absolute Gasteiger partial charge is 0.475 e. The Morgan fingerprint density at radius 2 is 1.96 bits per heavy atom. The summed E-state index contributed by atoms with van der Waals surface area (Å²) >= 11 is 0. The van der Waals surface area contributed by atoms with Gasteiger partial charge in [0.25, 0.3) is 0 Å². The zero-order valence-electron chi connectivity index (χ0n) is 15.1. The van der Waals surface area contributed by atoms with Crippen LogP contribution >= 0.6 is 0 Å². The summed E-state index contributed by atoms with van der Waals surface area (Å²) in [5.74, 6) is 0.438. The van der Waals surface area contributed by atoms with Gasteiger partial charge in [-0.05, 0) is 54.7 Å². The first-order valence-electron chi connectivity index (χ1n) is 8.89. The molecule has 0 atom stereocenters. The molecule has 0 amide bonds. The highest BCUT2D eigenvalue weighted by atomic mass is 16.5. The number of nitrogen functional groups attached to an aromatic ring is 1. The van der Waals surface area contributed by atoms with Gasteiger partial charge in [0.05, 0.1) is 18.9 Å². The van der Waals surface area contributed by atoms with E-state index in [0.29, 0.717) is 37.6 Å². The van der Waals surface area contributed by atoms with E-state index < -0.39 is 5.41 Å². The number of benzene rings is 1. The van der Waals surface area contributed by atoms with Crippen molar-refractivity contribution in [2.24, 2.45) is 0 Å². The summed E-state index contributed by atoms with van der Waals surface area (Å²) in [5, 5.41) is 19.2. The zero-order valence-corrected chi connectivity index (χ0v) is 15.1. The number of hydrogen-bond acceptors (Lipinski definition) is 6. The van der Waals surface area contributed by atoms with E-state index in [2.05, 4.69) is 4.98 Å². The van der Waals surface area contributed by atoms with E-state index in [0.717, 1.165) is 22.4 Å². The summed E-state index contributed by atoms with van der Waals surface area (Å²) in [4.78, 5) is 4.64. The van der Waals surface area contributed by atoms with Crippen LogP contribution in [0.15, 0.2) is 30.3 Å². The molecule has 26 heavy (non-hydrogen) atoms. The number of aromatic nitrogens is 1. The third-order valence-electron chi connectivity index (χ3n) is 5.01. The van der Waals surface area contributed by atoms with Gasteiger partial charge in [-0.25, -0.2) is 4.98 Å². The number of aliphatic hydroxyl groups excluding tert-OH is 2. The van der Waals surface area contributed by atoms with E-state index in [9.17, 15) is 5.11 Å². The highest BCUT2D eigenvalue weighted by molar-refractivity contribution is 5.72. The molecule has 0 unspecified atom stereocenters. The first-order valence-corrected chi connectivity index (χ1v) is 8.89. The monoisotopic (exact) mass is 358 g/mol. The van der Waals surface area contributed by atoms with E-state index in [4.69, 9.17) is 20.3 Å². The lowest BCUT2D eigenvalue weighted by atomic mass is 9.77. The first kappa shape index (κ1) is 18.6. The Labute approximate surface area is 153 Å². The lowest BCUT2D eigenvalue weighted by Gasteiger charge is -2.35. The topological polar surface area (TPSA) is 97.8 Å². The number of hydrogen-bond donors (Lipinski definition) is 3. The van der Waals surface area contributed by atoms with Gasteiger partial charge in [0.15, 0.2) is 0 Å². The highest BCUT2D eigenvalue weighted by Crippen LogP contribution is 2.37. The molecule has 1 aliphatic heterocycles. The molecule has 3 rings (SSSR count). The van der Waals surface area contributed by atoms with Crippen LogP contribution in [0, 0.1) is 6.92 Å². The molecule has 1 aliphatic rings. The molecule has 6 nitrogen and oxygen atoms in total. The van der Waals surface area contributed by atoms with Crippen LogP contribution in [0.5, 0.6) is 5.88 Å². The van der Waals surface area contributed by atoms with Gasteiger partial charge in [-0.3, -0.25) is 0 Å². The van der Waals surface area contributed by atoms with Gasteiger partial charge in [-0.1, -0.05) is 6.07 Å². The third kappa shape index (κ3) is 3.82. The Kier molecular flexibility index (Phi) is 5.76. The average molecular weight is 358 g/mol. The molecule has 0 saturated carbocycles. The van der Waals surface area contributed by atoms with Gasteiger partial charge >= 0.3 is 0 Å². The summed E-state index contributed by atoms with van der Waals surface area (Å²) in [5.41, 5.74) is 10.0. The van der Waals surface area contributed by atoms with Gasteiger partial charge in [0, 0.05) is 30.4 Å². The van der Waals surface area contributed by atoms with E-state index in [1.807, 2.05) is 37.3 Å². The maximum Gasteiger partial charge on any atom is 0.214 e. The molecule has 1 saturated heterocycles. The molecule has 140 valence electrons. The average Bonchev–Trinajstić information content (AvgIpc) is 2.68. The van der Waals surface area contributed by atoms with Crippen LogP contribution in [0.2, 0.25) is 0 Å². The second kappa shape index (κ2) is 8.03. The summed E-state index contributed by atoms with van der Waals surface area (Å²) < 4.78 is 11.1. The Hall–Kier alpha value is -2.15. The molecule has 1 fully saturated rings. The quantitative estimate of drug-likeness (QED) is 0.684. The second-order valence-electron chi connectivity index (χ2n) is 6.78. The highest BCUT2D eigenvalue weighted by Gasteiger charge is 2.36. The molecule has 0 bridgehead atoms. The van der Waals surface area contributed by atoms with Gasteiger partial charge < -0.3 is 25.4 Å². The Morgan fingerprint density at radius 3 is 2.65 bits per heavy atom. The van der Waals surface area contributed by atoms with Crippen molar-refractivity contribution in [3.8, 4) is 17.0 Å². The lowest BCUT2D eigenvalue weighted by Crippen LogP contribution is -2.38. The van der Waals surface area contributed by atoms with Crippen LogP contribution < -0.4 is 10.5 Å². The van der Waals surface area contributed by atoms with Crippen molar-refractivity contribution in [2.45, 2.75) is 25.2 Å². The van der Waals surface area contributed by atoms with Gasteiger partial charge in [-0.2, -0.15) is 0 Å². The fraction of sp³-hybridized carbons (Fsp3) is 0.450. The maximum atomic E-state index is 10.1. The summed E-state index contributed by atoms with van der Waals surface area (Å²) in [6, 6.07) is 9.65. The molecule has 2 heterocycles. The predicted molar refractivity (Wildman–Crippen MR) is 100 cm³/mol. The molecular weight excluding hydrogens is 332 g/mol. The van der Waals surface area contributed by atoms with Gasteiger partial charge in [-0.15, -0.1) is 0 Å². The Bertz CT molecular complexity index is 757. The Balaban J connectivity index is 2.10. The van der Waals surface area contributed by atoms with Crippen molar-refractivity contribution < 1.29 is 19.7 Å². The minimum Gasteiger partial charge on any atom is -0.475 e. The number of ether oxygens (including phenoxy) is 2. The van der Waals surface area contributed by atoms with Crippen LogP contribution in [0.4, 0.5) is 5.69 Å². The zero-order chi connectivity index (χ0) is 18.6. The van der Waals surface area contributed by atoms with Crippen molar-refractivity contribution in [2.75, 3.05) is 38.8 Å². The fourth-order valence-electron chi connectivity index (χ4n) is 3.36. The van der Waals surface area contributed by atoms with Crippen molar-refractivity contribution in [3.05, 3.63) is 41.6 Å². The number of rotatable bonds is 6. The smallest absolute Gasteiger partial charge is 0.214 e. The number of aliphatic hydroxyl groups is 2. The SMILES string of the molecule is Cc1ccc(N)cc1-c1cc(OCCO)nc(C2(CO)CCOCC2)c1. The third-order valence-corrected chi connectivity index (χ3v) is 5.01. The van der Waals surface area contributed by atoms with Gasteiger partial charge in [0.1, 0.15) is 6.61 Å². The Morgan fingerprint density at radius 1 is 1.19 bits per heavy atom. The van der Waals surface area contributed by atoms with Crippen molar-refractivity contribution >= 4 is 5.69 Å². The molecule has 1 aromatic carbocycles. The number of pyridine rings is 1. The van der Waals surface area contributed by atoms with E-state index >= 15 is 0 Å². The maximum absolute atomic E-state index is 10.1. The summed E-state index contributed by atoms with van der Waals surface area (Å²) in [6.45, 7) is 3.30. The summed E-state index contributed by atoms with van der Waals surface area (Å²) in [7, 11) is 0. The molecule has 2 aromatic rings. The number of nitrogens with zero attached hydrogens (tertiary/aromatic N) is 1. The van der Waals surface area contributed by atoms with E-state index in [1.54, 1.807) is 0 Å². The first-order chi connectivity index (χ1) is 12.6. The van der Waals surface area contributed by atoms with Crippen LogP contribution in [-0.2, 0) is 10.2 Å². The van der Waals surface area contributed by atoms with Crippen molar-refractivity contribution in [1.82, 2.24) is 4.98 Å². The molecule has 0 spiro atoms. The molecule has 1 aromatic heterocycles. The van der Waals surface area contributed by atoms with Gasteiger partial charge in [0.2, 0.25) is 5.88 Å². The van der Waals surface area contributed by atoms with E-state index in [1.165, 1.54) is 0 Å². The minimum absolute atomic E-state index is 0.00215. The standard InChI is InChI=1S/C20H26N2O4/c1-14-2-3-16(21)12-17(14)15-10-18(22-19(11-15)26-9-6-23)20(13-24)4-7-25-8-5-20/h2-3,10-12,23-24H,4-9,13,21H2,1H3. The molecular formula is C20H26N2O4. The van der Waals surface area contributed by atoms with Crippen molar-refractivity contribution in [1.29, 1.82) is 0 Å². The normalized spacial score (nSPS) is 16.4. The fourth-order valence-corrected chi connectivity index (χ4v) is 3.36. The van der Waals surface area contributed by atoms with Crippen LogP contribution in [0.3, 0.4) is 0 Å². The minimum atomic E-state index is -0.445. The predicted octanol–water partition coefficient (Wildman–Crippen LogP) is 2.05. The summed E-state index contributed by atoms with van der Waals surface area (Å²) in [6.07, 6.45) is 1.41. The van der Waals surface area contributed by atoms with Crippen LogP contribution in [-0.4, -0.2) is 48.2 Å². The van der Waals surface area contributed by atoms with Crippen LogP contribution in [0.1, 0.15) is 24.1 Å². The van der Waals surface area contributed by atoms with Crippen molar-refractivity contribution in [3.63, 3.8) is 0 Å². The number of nitrogens with two attached hydrogens (primary N) is 1. The lowest BCUT2D eigenvalue weighted by molar-refractivity contribution is 0.0233.